The highest BCUT2D eigenvalue weighted by Gasteiger charge is 2.31. The summed E-state index contributed by atoms with van der Waals surface area (Å²) in [5.74, 6) is -0.711. The van der Waals surface area contributed by atoms with E-state index in [1.54, 1.807) is 0 Å². The number of carboxylic acids is 1. The molecular weight excluding hydrogens is 382 g/mol. The van der Waals surface area contributed by atoms with Crippen molar-refractivity contribution in [1.29, 1.82) is 0 Å². The second kappa shape index (κ2) is 14.9. The number of carbonyl (C=O) groups is 1. The van der Waals surface area contributed by atoms with E-state index in [4.69, 9.17) is 51.1 Å². The molecule has 0 aliphatic rings. The van der Waals surface area contributed by atoms with Crippen LogP contribution in [0.2, 0.25) is 0 Å². The number of hydrogen-bond donors (Lipinski definition) is 1. The van der Waals surface area contributed by atoms with Crippen LogP contribution in [0.4, 0.5) is 0 Å². The molecule has 0 radical (unpaired) electrons. The molecule has 0 aromatic heterocycles. The van der Waals surface area contributed by atoms with E-state index in [9.17, 15) is 4.79 Å². The molecule has 0 bridgehead atoms. The van der Waals surface area contributed by atoms with E-state index < -0.39 is 19.4 Å². The van der Waals surface area contributed by atoms with E-state index in [1.807, 2.05) is 34.6 Å². The molecule has 0 saturated carbocycles. The summed E-state index contributed by atoms with van der Waals surface area (Å²) in [5.41, 5.74) is 0. The van der Waals surface area contributed by atoms with Gasteiger partial charge in [-0.05, 0) is 57.7 Å². The van der Waals surface area contributed by atoms with Crippen LogP contribution in [0.1, 0.15) is 47.5 Å². The Morgan fingerprint density at radius 3 is 1.26 bits per heavy atom. The van der Waals surface area contributed by atoms with Crippen LogP contribution in [0.25, 0.3) is 0 Å². The maximum atomic E-state index is 9.60. The lowest BCUT2D eigenvalue weighted by Crippen LogP contribution is -2.03. The largest absolute Gasteiger partial charge is 0.481 e. The standard InChI is InChI=1S/C8H20O5P2S2.C4H8O2/c1-5-9-14(16,10-6-2)13-15(17,11-7-3)12-8-4;1-2-3-4(5)6/h5-8H2,1-4H3;2-3H2,1H3,(H,5,6). The Bertz CT molecular complexity index is 359. The highest BCUT2D eigenvalue weighted by molar-refractivity contribution is 8.14. The lowest BCUT2D eigenvalue weighted by molar-refractivity contribution is -0.137. The molecule has 0 aliphatic carbocycles. The van der Waals surface area contributed by atoms with Gasteiger partial charge in [-0.25, -0.2) is 4.31 Å². The maximum absolute atomic E-state index is 9.60. The van der Waals surface area contributed by atoms with Crippen molar-refractivity contribution in [3.05, 3.63) is 0 Å². The summed E-state index contributed by atoms with van der Waals surface area (Å²) in [6, 6.07) is 0. The van der Waals surface area contributed by atoms with E-state index in [0.29, 0.717) is 32.8 Å². The molecule has 0 spiro atoms. The summed E-state index contributed by atoms with van der Waals surface area (Å²) in [6.07, 6.45) is 1.02. The monoisotopic (exact) mass is 410 g/mol. The molecule has 0 saturated heterocycles. The van der Waals surface area contributed by atoms with Gasteiger partial charge in [0.05, 0.1) is 26.4 Å². The molecule has 23 heavy (non-hydrogen) atoms. The molecule has 0 heterocycles. The van der Waals surface area contributed by atoms with Gasteiger partial charge < -0.3 is 23.2 Å². The molecule has 7 nitrogen and oxygen atoms in total. The Kier molecular flexibility index (Phi) is 16.7. The van der Waals surface area contributed by atoms with Crippen molar-refractivity contribution in [2.45, 2.75) is 47.5 Å². The fourth-order valence-electron chi connectivity index (χ4n) is 1.14. The van der Waals surface area contributed by atoms with Crippen LogP contribution < -0.4 is 0 Å². The Morgan fingerprint density at radius 2 is 1.13 bits per heavy atom. The van der Waals surface area contributed by atoms with Gasteiger partial charge in [-0.2, -0.15) is 0 Å². The minimum absolute atomic E-state index is 0.292. The van der Waals surface area contributed by atoms with Crippen LogP contribution in [0.5, 0.6) is 0 Å². The zero-order valence-corrected chi connectivity index (χ0v) is 17.8. The van der Waals surface area contributed by atoms with Gasteiger partial charge in [0.2, 0.25) is 0 Å². The van der Waals surface area contributed by atoms with Crippen molar-refractivity contribution in [1.82, 2.24) is 0 Å². The smallest absolute Gasteiger partial charge is 0.334 e. The third kappa shape index (κ3) is 14.6. The number of carboxylic acid groups (broad SMARTS) is 1. The van der Waals surface area contributed by atoms with E-state index in [-0.39, 0.29) is 0 Å². The van der Waals surface area contributed by atoms with E-state index in [0.717, 1.165) is 6.42 Å². The first-order chi connectivity index (χ1) is 10.7. The van der Waals surface area contributed by atoms with Crippen molar-refractivity contribution in [3.8, 4) is 0 Å². The van der Waals surface area contributed by atoms with Gasteiger partial charge in [-0.1, -0.05) is 6.92 Å². The predicted molar refractivity (Wildman–Crippen MR) is 98.7 cm³/mol. The van der Waals surface area contributed by atoms with Crippen LogP contribution in [-0.4, -0.2) is 37.5 Å². The molecule has 0 aliphatic heterocycles. The number of rotatable bonds is 12. The summed E-state index contributed by atoms with van der Waals surface area (Å²) >= 11 is 10.4. The zero-order chi connectivity index (χ0) is 18.4. The summed E-state index contributed by atoms with van der Waals surface area (Å²) in [7, 11) is 0. The SMILES string of the molecule is CCCC(=O)O.CCOP(=S)(OCC)OP(=S)(OCC)OCC. The third-order valence-corrected chi connectivity index (χ3v) is 8.18. The van der Waals surface area contributed by atoms with E-state index in [1.165, 1.54) is 0 Å². The topological polar surface area (TPSA) is 83.5 Å². The highest BCUT2D eigenvalue weighted by Crippen LogP contribution is 2.66. The fraction of sp³-hybridized carbons (Fsp3) is 0.917. The van der Waals surface area contributed by atoms with Gasteiger partial charge in [0.25, 0.3) is 0 Å². The molecule has 0 rings (SSSR count). The van der Waals surface area contributed by atoms with Gasteiger partial charge in [0.1, 0.15) is 0 Å². The van der Waals surface area contributed by atoms with Crippen molar-refractivity contribution in [2.24, 2.45) is 0 Å². The molecule has 0 atom stereocenters. The lowest BCUT2D eigenvalue weighted by atomic mass is 10.4. The average molecular weight is 410 g/mol. The quantitative estimate of drug-likeness (QED) is 0.469. The minimum Gasteiger partial charge on any atom is -0.481 e. The van der Waals surface area contributed by atoms with Crippen LogP contribution in [0.3, 0.4) is 0 Å². The summed E-state index contributed by atoms with van der Waals surface area (Å²) in [6.45, 7) is 4.93. The van der Waals surface area contributed by atoms with Gasteiger partial charge in [-0.15, -0.1) is 0 Å². The molecule has 0 amide bonds. The molecule has 0 aromatic carbocycles. The third-order valence-electron chi connectivity index (χ3n) is 1.81. The molecule has 0 unspecified atom stereocenters. The van der Waals surface area contributed by atoms with E-state index >= 15 is 0 Å². The predicted octanol–water partition coefficient (Wildman–Crippen LogP) is 4.47. The minimum atomic E-state index is -2.87. The van der Waals surface area contributed by atoms with Crippen molar-refractivity contribution in [2.75, 3.05) is 26.4 Å². The van der Waals surface area contributed by atoms with Gasteiger partial charge in [0.15, 0.2) is 0 Å². The highest BCUT2D eigenvalue weighted by atomic mass is 32.5. The Hall–Kier alpha value is 0.570. The summed E-state index contributed by atoms with van der Waals surface area (Å²) in [5, 5.41) is 7.91. The molecular formula is C12H28O7P2S2. The number of aliphatic carboxylic acids is 1. The van der Waals surface area contributed by atoms with Gasteiger partial charge >= 0.3 is 19.4 Å². The average Bonchev–Trinajstić information content (AvgIpc) is 2.39. The van der Waals surface area contributed by atoms with Crippen LogP contribution in [-0.2, 0) is 50.8 Å². The fourth-order valence-corrected chi connectivity index (χ4v) is 7.51. The normalized spacial score (nSPS) is 11.7. The zero-order valence-electron chi connectivity index (χ0n) is 14.4. The molecule has 140 valence electrons. The molecule has 11 heteroatoms. The van der Waals surface area contributed by atoms with Crippen LogP contribution in [0, 0.1) is 0 Å². The Morgan fingerprint density at radius 1 is 0.826 bits per heavy atom. The second-order valence-corrected chi connectivity index (χ2v) is 9.95. The van der Waals surface area contributed by atoms with Crippen LogP contribution >= 0.6 is 13.4 Å². The first kappa shape index (κ1) is 25.8. The van der Waals surface area contributed by atoms with Gasteiger partial charge in [0, 0.05) is 6.42 Å². The Labute approximate surface area is 149 Å². The molecule has 1 N–H and O–H groups in total. The number of hydrogen-bond acceptors (Lipinski definition) is 8. The van der Waals surface area contributed by atoms with Crippen molar-refractivity contribution >= 4 is 43.0 Å². The van der Waals surface area contributed by atoms with Gasteiger partial charge in [-0.3, -0.25) is 4.79 Å². The lowest BCUT2D eigenvalue weighted by Gasteiger charge is -2.27. The maximum Gasteiger partial charge on any atom is 0.334 e. The van der Waals surface area contributed by atoms with Crippen molar-refractivity contribution < 1.29 is 32.3 Å². The van der Waals surface area contributed by atoms with Crippen molar-refractivity contribution in [3.63, 3.8) is 0 Å². The summed E-state index contributed by atoms with van der Waals surface area (Å²) in [4.78, 5) is 9.60. The summed E-state index contributed by atoms with van der Waals surface area (Å²) < 4.78 is 26.9. The second-order valence-electron chi connectivity index (χ2n) is 3.79. The molecule has 0 aromatic rings. The molecule has 0 fully saturated rings. The first-order valence-corrected chi connectivity index (χ1v) is 12.5. The first-order valence-electron chi connectivity index (χ1n) is 7.43. The van der Waals surface area contributed by atoms with E-state index in [2.05, 4.69) is 0 Å². The Balaban J connectivity index is 0. The van der Waals surface area contributed by atoms with Crippen LogP contribution in [0.15, 0.2) is 0 Å².